The van der Waals surface area contributed by atoms with Crippen molar-refractivity contribution < 1.29 is 18.0 Å². The van der Waals surface area contributed by atoms with Crippen molar-refractivity contribution in [1.82, 2.24) is 10.2 Å². The van der Waals surface area contributed by atoms with Crippen molar-refractivity contribution in [2.75, 3.05) is 23.9 Å². The van der Waals surface area contributed by atoms with E-state index in [-0.39, 0.29) is 23.3 Å². The number of nitrogens with zero attached hydrogens (tertiary/aromatic N) is 2. The number of benzene rings is 3. The number of hydrogen-bond acceptors (Lipinski definition) is 4. The summed E-state index contributed by atoms with van der Waals surface area (Å²) >= 11 is 0. The Morgan fingerprint density at radius 1 is 0.878 bits per heavy atom. The van der Waals surface area contributed by atoms with Gasteiger partial charge in [0.25, 0.3) is 10.0 Å². The largest absolute Gasteiger partial charge is 0.354 e. The van der Waals surface area contributed by atoms with Crippen LogP contribution in [0.3, 0.4) is 0 Å². The first-order chi connectivity index (χ1) is 19.4. The Morgan fingerprint density at radius 2 is 1.54 bits per heavy atom. The molecular weight excluding hydrogens is 534 g/mol. The molecule has 0 aromatic heterocycles. The van der Waals surface area contributed by atoms with Gasteiger partial charge in [0.1, 0.15) is 12.6 Å². The zero-order valence-electron chi connectivity index (χ0n) is 25.1. The predicted octanol–water partition coefficient (Wildman–Crippen LogP) is 5.43. The van der Waals surface area contributed by atoms with Gasteiger partial charge in [0.2, 0.25) is 11.8 Å². The van der Waals surface area contributed by atoms with E-state index >= 15 is 0 Å². The smallest absolute Gasteiger partial charge is 0.264 e. The van der Waals surface area contributed by atoms with Crippen LogP contribution in [0.25, 0.3) is 0 Å². The summed E-state index contributed by atoms with van der Waals surface area (Å²) in [6, 6.07) is 21.0. The monoisotopic (exact) mass is 577 g/mol. The van der Waals surface area contributed by atoms with E-state index in [2.05, 4.69) is 5.32 Å². The molecule has 3 aromatic carbocycles. The van der Waals surface area contributed by atoms with Crippen LogP contribution in [0.1, 0.15) is 49.4 Å². The van der Waals surface area contributed by atoms with E-state index < -0.39 is 28.5 Å². The van der Waals surface area contributed by atoms with Crippen molar-refractivity contribution in [3.8, 4) is 0 Å². The lowest BCUT2D eigenvalue weighted by molar-refractivity contribution is -0.139. The minimum atomic E-state index is -4.09. The molecule has 0 aliphatic rings. The number of anilines is 1. The molecule has 0 aliphatic heterocycles. The van der Waals surface area contributed by atoms with Crippen molar-refractivity contribution >= 4 is 27.5 Å². The third-order valence-corrected chi connectivity index (χ3v) is 9.01. The van der Waals surface area contributed by atoms with Gasteiger partial charge in [-0.25, -0.2) is 8.42 Å². The van der Waals surface area contributed by atoms with E-state index in [1.165, 1.54) is 4.31 Å². The topological polar surface area (TPSA) is 86.8 Å². The van der Waals surface area contributed by atoms with Crippen LogP contribution in [0.15, 0.2) is 77.7 Å². The maximum atomic E-state index is 14.1. The molecule has 1 N–H and O–H groups in total. The molecule has 0 spiro atoms. The highest BCUT2D eigenvalue weighted by molar-refractivity contribution is 7.92. The molecule has 0 aliphatic carbocycles. The van der Waals surface area contributed by atoms with E-state index in [0.29, 0.717) is 25.1 Å². The maximum absolute atomic E-state index is 14.1. The van der Waals surface area contributed by atoms with Gasteiger partial charge < -0.3 is 10.2 Å². The number of aryl methyl sites for hydroxylation is 3. The van der Waals surface area contributed by atoms with Crippen LogP contribution in [0.5, 0.6) is 0 Å². The van der Waals surface area contributed by atoms with Crippen molar-refractivity contribution in [3.63, 3.8) is 0 Å². The Morgan fingerprint density at radius 3 is 2.12 bits per heavy atom. The third kappa shape index (κ3) is 8.43. The summed E-state index contributed by atoms with van der Waals surface area (Å²) < 4.78 is 29.2. The number of rotatable bonds is 13. The summed E-state index contributed by atoms with van der Waals surface area (Å²) in [5.74, 6) is -0.409. The van der Waals surface area contributed by atoms with Crippen LogP contribution in [0, 0.1) is 26.7 Å². The molecule has 0 saturated heterocycles. The average Bonchev–Trinajstić information content (AvgIpc) is 2.94. The Balaban J connectivity index is 2.02. The SMILES string of the molecule is CC[C@H](C(=O)NCC(C)C)N(CCc1ccccc1)C(=O)CN(c1ccc(C)c(C)c1)S(=O)(=O)c1ccc(C)cc1. The second-order valence-electron chi connectivity index (χ2n) is 11.0. The predicted molar refractivity (Wildman–Crippen MR) is 165 cm³/mol. The zero-order valence-corrected chi connectivity index (χ0v) is 25.9. The van der Waals surface area contributed by atoms with Crippen LogP contribution >= 0.6 is 0 Å². The fourth-order valence-electron chi connectivity index (χ4n) is 4.57. The first kappa shape index (κ1) is 31.9. The highest BCUT2D eigenvalue weighted by atomic mass is 32.2. The molecule has 7 nitrogen and oxygen atoms in total. The number of hydrogen-bond donors (Lipinski definition) is 1. The molecule has 2 amide bonds. The molecule has 0 bridgehead atoms. The van der Waals surface area contributed by atoms with Gasteiger partial charge in [0.05, 0.1) is 10.6 Å². The Bertz CT molecular complexity index is 1420. The molecule has 1 atom stereocenters. The Hall–Kier alpha value is -3.65. The molecule has 8 heteroatoms. The van der Waals surface area contributed by atoms with Crippen molar-refractivity contribution in [2.24, 2.45) is 5.92 Å². The van der Waals surface area contributed by atoms with Gasteiger partial charge in [-0.05, 0) is 80.5 Å². The second kappa shape index (κ2) is 14.3. The fourth-order valence-corrected chi connectivity index (χ4v) is 5.97. The van der Waals surface area contributed by atoms with Gasteiger partial charge in [-0.1, -0.05) is 74.9 Å². The summed E-state index contributed by atoms with van der Waals surface area (Å²) in [6.07, 6.45) is 0.938. The van der Waals surface area contributed by atoms with E-state index in [1.54, 1.807) is 41.3 Å². The lowest BCUT2D eigenvalue weighted by Gasteiger charge is -2.33. The van der Waals surface area contributed by atoms with Gasteiger partial charge in [-0.2, -0.15) is 0 Å². The summed E-state index contributed by atoms with van der Waals surface area (Å²) in [4.78, 5) is 29.0. The maximum Gasteiger partial charge on any atom is 0.264 e. The molecule has 41 heavy (non-hydrogen) atoms. The van der Waals surface area contributed by atoms with E-state index in [1.807, 2.05) is 77.9 Å². The molecule has 0 saturated carbocycles. The lowest BCUT2D eigenvalue weighted by Crippen LogP contribution is -2.53. The summed E-state index contributed by atoms with van der Waals surface area (Å²) in [6.45, 7) is 12.0. The quantitative estimate of drug-likeness (QED) is 0.294. The van der Waals surface area contributed by atoms with E-state index in [0.717, 1.165) is 22.3 Å². The second-order valence-corrected chi connectivity index (χ2v) is 12.8. The summed E-state index contributed by atoms with van der Waals surface area (Å²) in [5.41, 5.74) is 4.30. The first-order valence-corrected chi connectivity index (χ1v) is 15.7. The first-order valence-electron chi connectivity index (χ1n) is 14.2. The van der Waals surface area contributed by atoms with Crippen LogP contribution in [0.4, 0.5) is 5.69 Å². The van der Waals surface area contributed by atoms with E-state index in [4.69, 9.17) is 0 Å². The summed E-state index contributed by atoms with van der Waals surface area (Å²) in [7, 11) is -4.09. The van der Waals surface area contributed by atoms with Gasteiger partial charge >= 0.3 is 0 Å². The van der Waals surface area contributed by atoms with E-state index in [9.17, 15) is 18.0 Å². The van der Waals surface area contributed by atoms with Gasteiger partial charge in [0.15, 0.2) is 0 Å². The Kier molecular flexibility index (Phi) is 11.1. The highest BCUT2D eigenvalue weighted by Gasteiger charge is 2.33. The number of amides is 2. The molecule has 0 radical (unpaired) electrons. The number of carbonyl (C=O) groups is 2. The molecular formula is C33H43N3O4S. The molecule has 3 rings (SSSR count). The standard InChI is InChI=1S/C33H43N3O4S/c1-7-31(33(38)34-22-24(2)3)35(20-19-28-11-9-8-10-12-28)32(37)23-36(29-16-15-26(5)27(6)21-29)41(39,40)30-17-13-25(4)14-18-30/h8-18,21,24,31H,7,19-20,22-23H2,1-6H3,(H,34,38)/t31-/m1/s1. The van der Waals surface area contributed by atoms with Crippen LogP contribution in [-0.2, 0) is 26.0 Å². The minimum Gasteiger partial charge on any atom is -0.354 e. The van der Waals surface area contributed by atoms with Gasteiger partial charge in [-0.3, -0.25) is 13.9 Å². The average molecular weight is 578 g/mol. The molecule has 0 unspecified atom stereocenters. The zero-order chi connectivity index (χ0) is 30.2. The van der Waals surface area contributed by atoms with Crippen LogP contribution in [0.2, 0.25) is 0 Å². The number of nitrogens with one attached hydrogen (secondary N) is 1. The molecule has 220 valence electrons. The molecule has 3 aromatic rings. The lowest BCUT2D eigenvalue weighted by atomic mass is 10.1. The van der Waals surface area contributed by atoms with Crippen molar-refractivity contribution in [3.05, 3.63) is 95.1 Å². The molecule has 0 fully saturated rings. The van der Waals surface area contributed by atoms with Crippen LogP contribution in [-0.4, -0.2) is 50.8 Å². The van der Waals surface area contributed by atoms with Gasteiger partial charge in [-0.15, -0.1) is 0 Å². The number of sulfonamides is 1. The highest BCUT2D eigenvalue weighted by Crippen LogP contribution is 2.27. The van der Waals surface area contributed by atoms with Crippen molar-refractivity contribution in [1.29, 1.82) is 0 Å². The van der Waals surface area contributed by atoms with Crippen LogP contribution < -0.4 is 9.62 Å². The minimum absolute atomic E-state index is 0.103. The normalized spacial score (nSPS) is 12.2. The molecule has 0 heterocycles. The summed E-state index contributed by atoms with van der Waals surface area (Å²) in [5, 5.41) is 2.96. The Labute approximate surface area is 245 Å². The number of carbonyl (C=O) groups excluding carboxylic acids is 2. The van der Waals surface area contributed by atoms with Crippen molar-refractivity contribution in [2.45, 2.75) is 65.3 Å². The fraction of sp³-hybridized carbons (Fsp3) is 0.394. The van der Waals surface area contributed by atoms with Gasteiger partial charge in [0, 0.05) is 13.1 Å². The third-order valence-electron chi connectivity index (χ3n) is 7.22.